The van der Waals surface area contributed by atoms with Crippen LogP contribution in [-0.4, -0.2) is 29.5 Å². The van der Waals surface area contributed by atoms with Gasteiger partial charge >= 0.3 is 0 Å². The van der Waals surface area contributed by atoms with Crippen molar-refractivity contribution in [3.63, 3.8) is 0 Å². The first-order valence-electron chi connectivity index (χ1n) is 13.2. The highest BCUT2D eigenvalue weighted by molar-refractivity contribution is 6.09. The molecule has 0 saturated carbocycles. The van der Waals surface area contributed by atoms with Crippen molar-refractivity contribution in [3.8, 4) is 0 Å². The molecule has 3 aromatic carbocycles. The van der Waals surface area contributed by atoms with Gasteiger partial charge in [0.1, 0.15) is 23.0 Å². The Morgan fingerprint density at radius 1 is 0.732 bits per heavy atom. The van der Waals surface area contributed by atoms with Crippen molar-refractivity contribution in [2.45, 2.75) is 18.9 Å². The second-order valence-corrected chi connectivity index (χ2v) is 10.3. The molecular weight excluding hydrogens is 533 g/mol. The Morgan fingerprint density at radius 2 is 1.44 bits per heavy atom. The number of para-hydroxylation sites is 1. The summed E-state index contributed by atoms with van der Waals surface area (Å²) in [5.41, 5.74) is 0.953. The van der Waals surface area contributed by atoms with Crippen molar-refractivity contribution >= 4 is 28.9 Å². The number of amides is 2. The Kier molecular flexibility index (Phi) is 6.82. The minimum absolute atomic E-state index is 0.0154. The van der Waals surface area contributed by atoms with Gasteiger partial charge < -0.3 is 20.1 Å². The molecule has 2 amide bonds. The van der Waals surface area contributed by atoms with Crippen molar-refractivity contribution in [1.29, 1.82) is 0 Å². The Labute approximate surface area is 233 Å². The Morgan fingerprint density at radius 3 is 2.22 bits per heavy atom. The van der Waals surface area contributed by atoms with Gasteiger partial charge in [0.2, 0.25) is 0 Å². The van der Waals surface area contributed by atoms with Gasteiger partial charge in [-0.25, -0.2) is 13.2 Å². The Hall–Kier alpha value is -4.86. The summed E-state index contributed by atoms with van der Waals surface area (Å²) in [4.78, 5) is 40.6. The van der Waals surface area contributed by atoms with E-state index in [1.807, 2.05) is 11.0 Å². The van der Waals surface area contributed by atoms with Gasteiger partial charge in [0, 0.05) is 42.9 Å². The summed E-state index contributed by atoms with van der Waals surface area (Å²) in [6.07, 6.45) is 0.894. The predicted octanol–water partition coefficient (Wildman–Crippen LogP) is 5.39. The van der Waals surface area contributed by atoms with Crippen molar-refractivity contribution in [2.24, 2.45) is 5.92 Å². The van der Waals surface area contributed by atoms with Crippen LogP contribution in [-0.2, 0) is 6.54 Å². The number of carbonyl (C=O) groups is 2. The Balaban J connectivity index is 1.36. The molecule has 6 rings (SSSR count). The van der Waals surface area contributed by atoms with E-state index in [0.717, 1.165) is 30.3 Å². The van der Waals surface area contributed by atoms with E-state index >= 15 is 0 Å². The van der Waals surface area contributed by atoms with Gasteiger partial charge in [-0.2, -0.15) is 0 Å². The summed E-state index contributed by atoms with van der Waals surface area (Å²) < 4.78 is 44.8. The highest BCUT2D eigenvalue weighted by Crippen LogP contribution is 2.39. The van der Waals surface area contributed by atoms with Crippen LogP contribution in [0.2, 0.25) is 0 Å². The third-order valence-electron chi connectivity index (χ3n) is 7.64. The van der Waals surface area contributed by atoms with E-state index in [9.17, 15) is 27.6 Å². The summed E-state index contributed by atoms with van der Waals surface area (Å²) >= 11 is 0. The van der Waals surface area contributed by atoms with Gasteiger partial charge in [-0.05, 0) is 60.9 Å². The average Bonchev–Trinajstić information content (AvgIpc) is 2.94. The summed E-state index contributed by atoms with van der Waals surface area (Å²) in [5, 5.41) is 5.11. The predicted molar refractivity (Wildman–Crippen MR) is 149 cm³/mol. The zero-order chi connectivity index (χ0) is 28.7. The summed E-state index contributed by atoms with van der Waals surface area (Å²) in [6.45, 7) is 1.64. The highest BCUT2D eigenvalue weighted by Gasteiger charge is 2.35. The third-order valence-corrected chi connectivity index (χ3v) is 7.64. The summed E-state index contributed by atoms with van der Waals surface area (Å²) in [7, 11) is 0. The molecule has 10 heteroatoms. The number of fused-ring (bicyclic) bond motifs is 4. The smallest absolute Gasteiger partial charge is 0.261 e. The van der Waals surface area contributed by atoms with Crippen LogP contribution in [0.15, 0.2) is 83.7 Å². The maximum Gasteiger partial charge on any atom is 0.261 e. The molecule has 208 valence electrons. The van der Waals surface area contributed by atoms with Crippen LogP contribution < -0.4 is 21.1 Å². The average molecular weight is 559 g/mol. The number of aromatic nitrogens is 1. The third kappa shape index (κ3) is 5.08. The van der Waals surface area contributed by atoms with E-state index in [1.54, 1.807) is 34.9 Å². The number of hydrogen-bond acceptors (Lipinski definition) is 4. The molecule has 2 aliphatic heterocycles. The zero-order valence-corrected chi connectivity index (χ0v) is 21.7. The molecule has 2 bridgehead atoms. The number of anilines is 3. The second kappa shape index (κ2) is 10.6. The van der Waals surface area contributed by atoms with Crippen molar-refractivity contribution in [3.05, 3.63) is 123 Å². The van der Waals surface area contributed by atoms with Crippen LogP contribution in [0.4, 0.5) is 30.2 Å². The number of benzene rings is 3. The molecule has 2 atom stereocenters. The van der Waals surface area contributed by atoms with Crippen LogP contribution in [0, 0.1) is 23.4 Å². The number of pyridine rings is 1. The maximum absolute atomic E-state index is 14.4. The van der Waals surface area contributed by atoms with Gasteiger partial charge in [-0.15, -0.1) is 0 Å². The minimum atomic E-state index is -1.02. The van der Waals surface area contributed by atoms with Crippen molar-refractivity contribution in [1.82, 2.24) is 4.57 Å². The SMILES string of the molecule is O=C(Nc1ccccc1F)c1ccc(N2CC3CC(C2)c2cccc(=O)n2C3)c(NC(=O)c2c(F)cccc2F)c1. The second-order valence-electron chi connectivity index (χ2n) is 10.3. The first-order valence-corrected chi connectivity index (χ1v) is 13.2. The van der Waals surface area contributed by atoms with Gasteiger partial charge in [0.15, 0.2) is 0 Å². The standard InChI is InChI=1S/C31H25F3N4O3/c32-21-5-1-2-8-24(21)35-30(40)19-11-12-27(25(14-19)36-31(41)29-22(33)6-3-7-23(29)34)37-15-18-13-20(17-37)26-9-4-10-28(39)38(26)16-18/h1-12,14,18,20H,13,15-17H2,(H,35,40)(H,36,41). The number of hydrogen-bond donors (Lipinski definition) is 2. The van der Waals surface area contributed by atoms with E-state index in [2.05, 4.69) is 10.6 Å². The molecule has 7 nitrogen and oxygen atoms in total. The molecule has 2 unspecified atom stereocenters. The number of rotatable bonds is 5. The summed E-state index contributed by atoms with van der Waals surface area (Å²) in [6, 6.07) is 18.7. The zero-order valence-electron chi connectivity index (χ0n) is 21.7. The van der Waals surface area contributed by atoms with Gasteiger partial charge in [0.05, 0.1) is 17.1 Å². The number of nitrogens with zero attached hydrogens (tertiary/aromatic N) is 2. The molecule has 1 saturated heterocycles. The van der Waals surface area contributed by atoms with E-state index < -0.39 is 34.8 Å². The van der Waals surface area contributed by atoms with Gasteiger partial charge in [0.25, 0.3) is 17.4 Å². The first kappa shape index (κ1) is 26.4. The van der Waals surface area contributed by atoms with Crippen LogP contribution in [0.1, 0.15) is 38.7 Å². The number of piperidine rings is 1. The number of halogens is 3. The topological polar surface area (TPSA) is 83.4 Å². The van der Waals surface area contributed by atoms with Crippen molar-refractivity contribution < 1.29 is 22.8 Å². The van der Waals surface area contributed by atoms with Crippen LogP contribution >= 0.6 is 0 Å². The fourth-order valence-electron chi connectivity index (χ4n) is 5.80. The number of nitrogens with one attached hydrogen (secondary N) is 2. The van der Waals surface area contributed by atoms with E-state index in [4.69, 9.17) is 0 Å². The molecule has 41 heavy (non-hydrogen) atoms. The molecule has 1 fully saturated rings. The fourth-order valence-corrected chi connectivity index (χ4v) is 5.80. The minimum Gasteiger partial charge on any atom is -0.369 e. The van der Waals surface area contributed by atoms with Crippen LogP contribution in [0.25, 0.3) is 0 Å². The van der Waals surface area contributed by atoms with Crippen LogP contribution in [0.3, 0.4) is 0 Å². The highest BCUT2D eigenvalue weighted by atomic mass is 19.1. The number of carbonyl (C=O) groups excluding carboxylic acids is 2. The molecule has 0 radical (unpaired) electrons. The quantitative estimate of drug-likeness (QED) is 0.344. The first-order chi connectivity index (χ1) is 19.8. The molecule has 1 aromatic heterocycles. The monoisotopic (exact) mass is 558 g/mol. The molecule has 2 N–H and O–H groups in total. The lowest BCUT2D eigenvalue weighted by atomic mass is 9.83. The molecule has 3 heterocycles. The Bertz CT molecular complexity index is 1720. The van der Waals surface area contributed by atoms with Gasteiger partial charge in [-0.3, -0.25) is 14.4 Å². The normalized spacial score (nSPS) is 17.5. The van der Waals surface area contributed by atoms with E-state index in [0.29, 0.717) is 25.3 Å². The van der Waals surface area contributed by atoms with E-state index in [-0.39, 0.29) is 34.3 Å². The molecule has 4 aromatic rings. The largest absolute Gasteiger partial charge is 0.369 e. The summed E-state index contributed by atoms with van der Waals surface area (Å²) in [5.74, 6) is -4.09. The van der Waals surface area contributed by atoms with Gasteiger partial charge in [-0.1, -0.05) is 24.3 Å². The molecular formula is C31H25F3N4O3. The fraction of sp³-hybridized carbons (Fsp3) is 0.194. The maximum atomic E-state index is 14.4. The lowest BCUT2D eigenvalue weighted by molar-refractivity contribution is 0.101. The van der Waals surface area contributed by atoms with Crippen molar-refractivity contribution in [2.75, 3.05) is 28.6 Å². The van der Waals surface area contributed by atoms with E-state index in [1.165, 1.54) is 24.3 Å². The van der Waals surface area contributed by atoms with Crippen LogP contribution in [0.5, 0.6) is 0 Å². The molecule has 2 aliphatic rings. The molecule has 0 spiro atoms. The lowest BCUT2D eigenvalue weighted by Crippen LogP contribution is -2.47. The molecule has 0 aliphatic carbocycles. The lowest BCUT2D eigenvalue weighted by Gasteiger charge is -2.44.